The number of hydrogen-bond donors (Lipinski definition) is 2. The first-order chi connectivity index (χ1) is 8.27. The molecule has 0 amide bonds. The lowest BCUT2D eigenvalue weighted by molar-refractivity contribution is 0.0954. The van der Waals surface area contributed by atoms with Gasteiger partial charge in [-0.3, -0.25) is 4.79 Å². The fourth-order valence-electron chi connectivity index (χ4n) is 2.61. The normalized spacial score (nSPS) is 19.9. The number of carbonyl (C=O) groups is 1. The Morgan fingerprint density at radius 1 is 1.41 bits per heavy atom. The van der Waals surface area contributed by atoms with Crippen LogP contribution >= 0.6 is 0 Å². The summed E-state index contributed by atoms with van der Waals surface area (Å²) in [7, 11) is 0. The highest BCUT2D eigenvalue weighted by atomic mass is 16.1. The Morgan fingerprint density at radius 3 is 3.06 bits per heavy atom. The van der Waals surface area contributed by atoms with Crippen LogP contribution in [0.15, 0.2) is 24.4 Å². The van der Waals surface area contributed by atoms with Crippen LogP contribution in [0.4, 0.5) is 0 Å². The van der Waals surface area contributed by atoms with E-state index in [2.05, 4.69) is 23.3 Å². The average Bonchev–Trinajstić information content (AvgIpc) is 2.98. The van der Waals surface area contributed by atoms with Crippen LogP contribution in [0.1, 0.15) is 28.8 Å². The molecule has 0 bridgehead atoms. The Morgan fingerprint density at radius 2 is 2.29 bits per heavy atom. The highest BCUT2D eigenvalue weighted by molar-refractivity contribution is 6.10. The molecular formula is C14H16N2O. The minimum atomic E-state index is 0.00881. The zero-order chi connectivity index (χ0) is 11.8. The molecule has 17 heavy (non-hydrogen) atoms. The molecule has 3 rings (SSSR count). The van der Waals surface area contributed by atoms with Gasteiger partial charge in [0.05, 0.1) is 6.04 Å². The lowest BCUT2D eigenvalue weighted by atomic mass is 10.0. The SMILES string of the molecule is Cc1cccc2c(C(=O)C3CCCN3)c[nH]c12. The van der Waals surface area contributed by atoms with Crippen LogP contribution in [0.2, 0.25) is 0 Å². The molecule has 0 spiro atoms. The summed E-state index contributed by atoms with van der Waals surface area (Å²) in [6.45, 7) is 3.01. The largest absolute Gasteiger partial charge is 0.360 e. The Kier molecular flexibility index (Phi) is 2.48. The van der Waals surface area contributed by atoms with Gasteiger partial charge in [-0.25, -0.2) is 0 Å². The second-order valence-corrected chi connectivity index (χ2v) is 4.71. The first-order valence-electron chi connectivity index (χ1n) is 6.11. The van der Waals surface area contributed by atoms with Gasteiger partial charge in [0.1, 0.15) is 0 Å². The standard InChI is InChI=1S/C14H16N2O/c1-9-4-2-5-10-11(8-16-13(9)10)14(17)12-6-3-7-15-12/h2,4-5,8,12,15-16H,3,6-7H2,1H3. The highest BCUT2D eigenvalue weighted by Crippen LogP contribution is 2.23. The molecule has 88 valence electrons. The van der Waals surface area contributed by atoms with Crippen molar-refractivity contribution in [2.24, 2.45) is 0 Å². The van der Waals surface area contributed by atoms with Crippen molar-refractivity contribution >= 4 is 16.7 Å². The van der Waals surface area contributed by atoms with Gasteiger partial charge >= 0.3 is 0 Å². The predicted octanol–water partition coefficient (Wildman–Crippen LogP) is 2.41. The number of fused-ring (bicyclic) bond motifs is 1. The third-order valence-corrected chi connectivity index (χ3v) is 3.57. The van der Waals surface area contributed by atoms with E-state index in [1.165, 1.54) is 5.56 Å². The topological polar surface area (TPSA) is 44.9 Å². The number of H-pyrrole nitrogens is 1. The van der Waals surface area contributed by atoms with Gasteiger partial charge in [-0.05, 0) is 31.9 Å². The van der Waals surface area contributed by atoms with E-state index in [0.717, 1.165) is 35.9 Å². The number of aromatic amines is 1. The maximum absolute atomic E-state index is 12.4. The van der Waals surface area contributed by atoms with Crippen molar-refractivity contribution in [3.63, 3.8) is 0 Å². The van der Waals surface area contributed by atoms with E-state index in [4.69, 9.17) is 0 Å². The molecule has 1 atom stereocenters. The van der Waals surface area contributed by atoms with Crippen molar-refractivity contribution in [2.75, 3.05) is 6.54 Å². The summed E-state index contributed by atoms with van der Waals surface area (Å²) < 4.78 is 0. The Hall–Kier alpha value is -1.61. The van der Waals surface area contributed by atoms with Crippen LogP contribution in [0.3, 0.4) is 0 Å². The van der Waals surface area contributed by atoms with E-state index in [1.807, 2.05) is 18.3 Å². The molecule has 0 radical (unpaired) electrons. The predicted molar refractivity (Wildman–Crippen MR) is 68.4 cm³/mol. The first-order valence-corrected chi connectivity index (χ1v) is 6.11. The molecule has 2 aromatic rings. The number of aryl methyl sites for hydroxylation is 1. The number of rotatable bonds is 2. The summed E-state index contributed by atoms with van der Waals surface area (Å²) in [6.07, 6.45) is 3.90. The molecule has 2 heterocycles. The molecule has 0 aliphatic carbocycles. The monoisotopic (exact) mass is 228 g/mol. The second kappa shape index (κ2) is 4.00. The molecule has 1 aliphatic heterocycles. The van der Waals surface area contributed by atoms with Gasteiger partial charge in [0, 0.05) is 22.7 Å². The molecule has 0 saturated carbocycles. The quantitative estimate of drug-likeness (QED) is 0.775. The summed E-state index contributed by atoms with van der Waals surface area (Å²) in [5.74, 6) is 0.222. The molecule has 3 nitrogen and oxygen atoms in total. The van der Waals surface area contributed by atoms with Crippen molar-refractivity contribution in [1.29, 1.82) is 0 Å². The highest BCUT2D eigenvalue weighted by Gasteiger charge is 2.25. The molecule has 1 unspecified atom stereocenters. The van der Waals surface area contributed by atoms with Crippen molar-refractivity contribution < 1.29 is 4.79 Å². The van der Waals surface area contributed by atoms with Gasteiger partial charge in [-0.15, -0.1) is 0 Å². The average molecular weight is 228 g/mol. The number of nitrogens with one attached hydrogen (secondary N) is 2. The number of para-hydroxylation sites is 1. The summed E-state index contributed by atoms with van der Waals surface area (Å²) in [5, 5.41) is 4.31. The molecule has 1 fully saturated rings. The maximum Gasteiger partial charge on any atom is 0.181 e. The Labute approximate surface area is 100 Å². The van der Waals surface area contributed by atoms with E-state index in [-0.39, 0.29) is 11.8 Å². The Balaban J connectivity index is 2.05. The van der Waals surface area contributed by atoms with Crippen LogP contribution in [0, 0.1) is 6.92 Å². The number of aromatic nitrogens is 1. The summed E-state index contributed by atoms with van der Waals surface area (Å²) in [6, 6.07) is 6.08. The molecule has 1 aromatic heterocycles. The summed E-state index contributed by atoms with van der Waals surface area (Å²) in [4.78, 5) is 15.6. The number of hydrogen-bond acceptors (Lipinski definition) is 2. The number of Topliss-reactive ketones (excluding diaryl/α,β-unsaturated/α-hetero) is 1. The van der Waals surface area contributed by atoms with Gasteiger partial charge in [-0.1, -0.05) is 18.2 Å². The summed E-state index contributed by atoms with van der Waals surface area (Å²) in [5.41, 5.74) is 3.08. The minimum absolute atomic E-state index is 0.00881. The third-order valence-electron chi connectivity index (χ3n) is 3.57. The zero-order valence-corrected chi connectivity index (χ0v) is 9.92. The second-order valence-electron chi connectivity index (χ2n) is 4.71. The van der Waals surface area contributed by atoms with Crippen LogP contribution in [0.25, 0.3) is 10.9 Å². The fraction of sp³-hybridized carbons (Fsp3) is 0.357. The lowest BCUT2D eigenvalue weighted by Gasteiger charge is -2.07. The molecule has 1 saturated heterocycles. The fourth-order valence-corrected chi connectivity index (χ4v) is 2.61. The van der Waals surface area contributed by atoms with E-state index >= 15 is 0 Å². The molecule has 1 aliphatic rings. The van der Waals surface area contributed by atoms with Gasteiger partial charge in [-0.2, -0.15) is 0 Å². The number of ketones is 1. The van der Waals surface area contributed by atoms with Gasteiger partial charge in [0.25, 0.3) is 0 Å². The van der Waals surface area contributed by atoms with E-state index in [1.54, 1.807) is 0 Å². The number of carbonyl (C=O) groups excluding carboxylic acids is 1. The van der Waals surface area contributed by atoms with Gasteiger partial charge < -0.3 is 10.3 Å². The van der Waals surface area contributed by atoms with Crippen molar-refractivity contribution in [1.82, 2.24) is 10.3 Å². The van der Waals surface area contributed by atoms with Gasteiger partial charge in [0.2, 0.25) is 0 Å². The zero-order valence-electron chi connectivity index (χ0n) is 9.92. The maximum atomic E-state index is 12.4. The smallest absolute Gasteiger partial charge is 0.181 e. The van der Waals surface area contributed by atoms with Gasteiger partial charge in [0.15, 0.2) is 5.78 Å². The van der Waals surface area contributed by atoms with Crippen molar-refractivity contribution in [2.45, 2.75) is 25.8 Å². The van der Waals surface area contributed by atoms with Crippen LogP contribution in [-0.4, -0.2) is 23.4 Å². The van der Waals surface area contributed by atoms with Crippen LogP contribution in [-0.2, 0) is 0 Å². The lowest BCUT2D eigenvalue weighted by Crippen LogP contribution is -2.30. The Bertz CT molecular complexity index is 565. The first kappa shape index (κ1) is 10.5. The minimum Gasteiger partial charge on any atom is -0.360 e. The molecule has 3 heteroatoms. The van der Waals surface area contributed by atoms with E-state index < -0.39 is 0 Å². The van der Waals surface area contributed by atoms with E-state index in [9.17, 15) is 4.79 Å². The number of benzene rings is 1. The van der Waals surface area contributed by atoms with Crippen molar-refractivity contribution in [3.8, 4) is 0 Å². The third kappa shape index (κ3) is 1.67. The van der Waals surface area contributed by atoms with E-state index in [0.29, 0.717) is 0 Å². The molecule has 2 N–H and O–H groups in total. The molecular weight excluding hydrogens is 212 g/mol. The van der Waals surface area contributed by atoms with Crippen LogP contribution in [0.5, 0.6) is 0 Å². The summed E-state index contributed by atoms with van der Waals surface area (Å²) >= 11 is 0. The van der Waals surface area contributed by atoms with Crippen LogP contribution < -0.4 is 5.32 Å². The molecule has 1 aromatic carbocycles. The van der Waals surface area contributed by atoms with Crippen molar-refractivity contribution in [3.05, 3.63) is 35.5 Å².